The molecule has 0 aromatic heterocycles. The highest BCUT2D eigenvalue weighted by Crippen LogP contribution is 2.45. The van der Waals surface area contributed by atoms with E-state index in [1.807, 2.05) is 29.2 Å². The number of carbonyl (C=O) groups is 2. The van der Waals surface area contributed by atoms with Gasteiger partial charge in [0, 0.05) is 13.5 Å². The molecule has 3 rings (SSSR count). The van der Waals surface area contributed by atoms with E-state index in [2.05, 4.69) is 12.2 Å². The largest absolute Gasteiger partial charge is 0.497 e. The number of likely N-dealkylation sites (tertiary alicyclic amines) is 1. The van der Waals surface area contributed by atoms with Crippen LogP contribution in [0.25, 0.3) is 0 Å². The molecule has 6 nitrogen and oxygen atoms in total. The number of hydrogen-bond acceptors (Lipinski definition) is 4. The maximum absolute atomic E-state index is 12.9. The molecule has 2 aliphatic rings. The fourth-order valence-electron chi connectivity index (χ4n) is 4.43. The molecule has 26 heavy (non-hydrogen) atoms. The summed E-state index contributed by atoms with van der Waals surface area (Å²) in [6, 6.07) is 7.68. The van der Waals surface area contributed by atoms with Gasteiger partial charge in [0.2, 0.25) is 11.8 Å². The lowest BCUT2D eigenvalue weighted by atomic mass is 9.85. The van der Waals surface area contributed by atoms with Crippen molar-refractivity contribution in [3.05, 3.63) is 29.8 Å². The predicted octanol–water partition coefficient (Wildman–Crippen LogP) is 2.43. The summed E-state index contributed by atoms with van der Waals surface area (Å²) in [6.07, 6.45) is 3.92. The Kier molecular flexibility index (Phi) is 5.51. The number of amides is 2. The monoisotopic (exact) mass is 360 g/mol. The molecule has 0 radical (unpaired) electrons. The number of carbonyl (C=O) groups excluding carboxylic acids is 2. The molecule has 1 aromatic rings. The summed E-state index contributed by atoms with van der Waals surface area (Å²) < 4.78 is 10.5. The molecule has 2 fully saturated rings. The van der Waals surface area contributed by atoms with Crippen LogP contribution in [0.4, 0.5) is 0 Å². The van der Waals surface area contributed by atoms with Crippen molar-refractivity contribution in [1.82, 2.24) is 10.2 Å². The van der Waals surface area contributed by atoms with Crippen LogP contribution < -0.4 is 10.1 Å². The predicted molar refractivity (Wildman–Crippen MR) is 97.9 cm³/mol. The minimum Gasteiger partial charge on any atom is -0.497 e. The lowest BCUT2D eigenvalue weighted by molar-refractivity contribution is -0.139. The molecule has 2 heterocycles. The summed E-state index contributed by atoms with van der Waals surface area (Å²) in [4.78, 5) is 27.1. The van der Waals surface area contributed by atoms with Gasteiger partial charge in [0.1, 0.15) is 12.4 Å². The normalized spacial score (nSPS) is 28.7. The van der Waals surface area contributed by atoms with Crippen LogP contribution in [0.1, 0.15) is 50.6 Å². The van der Waals surface area contributed by atoms with Gasteiger partial charge >= 0.3 is 0 Å². The van der Waals surface area contributed by atoms with Crippen LogP contribution in [0.2, 0.25) is 0 Å². The number of methoxy groups -OCH3 is 2. The van der Waals surface area contributed by atoms with Crippen LogP contribution in [-0.2, 0) is 14.3 Å². The molecule has 1 N–H and O–H groups in total. The van der Waals surface area contributed by atoms with Crippen molar-refractivity contribution in [2.75, 3.05) is 20.8 Å². The van der Waals surface area contributed by atoms with Gasteiger partial charge in [-0.05, 0) is 43.9 Å². The third-order valence-corrected chi connectivity index (χ3v) is 5.62. The Morgan fingerprint density at radius 1 is 1.35 bits per heavy atom. The number of benzene rings is 1. The Labute approximate surface area is 154 Å². The second-order valence-electron chi connectivity index (χ2n) is 7.46. The molecule has 0 aliphatic carbocycles. The summed E-state index contributed by atoms with van der Waals surface area (Å²) in [5.41, 5.74) is 0.588. The molecule has 142 valence electrons. The van der Waals surface area contributed by atoms with E-state index in [1.54, 1.807) is 7.11 Å². The highest BCUT2D eigenvalue weighted by atomic mass is 16.5. The van der Waals surface area contributed by atoms with Crippen LogP contribution in [0.5, 0.6) is 5.75 Å². The first kappa shape index (κ1) is 18.7. The summed E-state index contributed by atoms with van der Waals surface area (Å²) in [7, 11) is 3.17. The van der Waals surface area contributed by atoms with E-state index >= 15 is 0 Å². The highest BCUT2D eigenvalue weighted by Gasteiger charge is 2.52. The number of rotatable bonds is 4. The van der Waals surface area contributed by atoms with Gasteiger partial charge in [-0.1, -0.05) is 18.6 Å². The molecular weight excluding hydrogens is 332 g/mol. The van der Waals surface area contributed by atoms with Crippen molar-refractivity contribution in [3.63, 3.8) is 0 Å². The Morgan fingerprint density at radius 2 is 2.15 bits per heavy atom. The SMILES string of the molecule is COCC(=O)N1[C@H]2CCCCC(=O)N[C@@]2(C)C[C@H]1c1cccc(OC)c1. The van der Waals surface area contributed by atoms with E-state index in [0.29, 0.717) is 12.8 Å². The van der Waals surface area contributed by atoms with E-state index in [9.17, 15) is 9.59 Å². The lowest BCUT2D eigenvalue weighted by Gasteiger charge is -2.38. The molecule has 0 bridgehead atoms. The fourth-order valence-corrected chi connectivity index (χ4v) is 4.43. The van der Waals surface area contributed by atoms with Gasteiger partial charge in [-0.2, -0.15) is 0 Å². The van der Waals surface area contributed by atoms with Gasteiger partial charge in [0.05, 0.1) is 24.7 Å². The van der Waals surface area contributed by atoms with Gasteiger partial charge in [0.15, 0.2) is 0 Å². The van der Waals surface area contributed by atoms with Crippen molar-refractivity contribution in [3.8, 4) is 5.75 Å². The number of ether oxygens (including phenoxy) is 2. The smallest absolute Gasteiger partial charge is 0.249 e. The van der Waals surface area contributed by atoms with Crippen LogP contribution in [0.3, 0.4) is 0 Å². The third-order valence-electron chi connectivity index (χ3n) is 5.62. The Hall–Kier alpha value is -2.08. The minimum absolute atomic E-state index is 0.0365. The quantitative estimate of drug-likeness (QED) is 0.895. The molecule has 0 spiro atoms. The molecular formula is C20H28N2O4. The number of hydrogen-bond donors (Lipinski definition) is 1. The first-order valence-corrected chi connectivity index (χ1v) is 9.23. The molecule has 2 saturated heterocycles. The van der Waals surface area contributed by atoms with Crippen molar-refractivity contribution >= 4 is 11.8 Å². The maximum atomic E-state index is 12.9. The van der Waals surface area contributed by atoms with Gasteiger partial charge in [0.25, 0.3) is 0 Å². The summed E-state index contributed by atoms with van der Waals surface area (Å²) in [5, 5.41) is 3.21. The van der Waals surface area contributed by atoms with Gasteiger partial charge < -0.3 is 19.7 Å². The van der Waals surface area contributed by atoms with E-state index < -0.39 is 5.54 Å². The van der Waals surface area contributed by atoms with Crippen molar-refractivity contribution in [2.45, 2.75) is 56.7 Å². The standard InChI is InChI=1S/C20H28N2O4/c1-20-12-16(14-7-6-8-15(11-14)26-3)22(19(24)13-25-2)17(20)9-4-5-10-18(23)21-20/h6-8,11,16-17H,4-5,9-10,12-13H2,1-3H3,(H,21,23)/t16-,17-,20-/m0/s1. The number of nitrogens with one attached hydrogen (secondary N) is 1. The molecule has 1 aromatic carbocycles. The van der Waals surface area contributed by atoms with Crippen LogP contribution in [-0.4, -0.2) is 49.1 Å². The zero-order valence-electron chi connectivity index (χ0n) is 15.8. The summed E-state index contributed by atoms with van der Waals surface area (Å²) in [5.74, 6) is 0.798. The fraction of sp³-hybridized carbons (Fsp3) is 0.600. The van der Waals surface area contributed by atoms with Crippen molar-refractivity contribution in [2.24, 2.45) is 0 Å². The zero-order valence-corrected chi connectivity index (χ0v) is 15.8. The van der Waals surface area contributed by atoms with Crippen molar-refractivity contribution < 1.29 is 19.1 Å². The number of nitrogens with zero attached hydrogens (tertiary/aromatic N) is 1. The highest BCUT2D eigenvalue weighted by molar-refractivity contribution is 5.80. The van der Waals surface area contributed by atoms with Crippen LogP contribution in [0, 0.1) is 0 Å². The second kappa shape index (κ2) is 7.66. The van der Waals surface area contributed by atoms with Gasteiger partial charge in [-0.3, -0.25) is 9.59 Å². The van der Waals surface area contributed by atoms with Gasteiger partial charge in [-0.25, -0.2) is 0 Å². The molecule has 0 unspecified atom stereocenters. The Bertz CT molecular complexity index is 678. The maximum Gasteiger partial charge on any atom is 0.249 e. The van der Waals surface area contributed by atoms with E-state index in [1.165, 1.54) is 7.11 Å². The minimum atomic E-state index is -0.436. The summed E-state index contributed by atoms with van der Waals surface area (Å²) >= 11 is 0. The first-order chi connectivity index (χ1) is 12.5. The van der Waals surface area contributed by atoms with E-state index in [4.69, 9.17) is 9.47 Å². The molecule has 0 saturated carbocycles. The second-order valence-corrected chi connectivity index (χ2v) is 7.46. The van der Waals surface area contributed by atoms with Gasteiger partial charge in [-0.15, -0.1) is 0 Å². The zero-order chi connectivity index (χ0) is 18.7. The topological polar surface area (TPSA) is 67.9 Å². The Morgan fingerprint density at radius 3 is 2.88 bits per heavy atom. The summed E-state index contributed by atoms with van der Waals surface area (Å²) in [6.45, 7) is 2.11. The molecule has 3 atom stereocenters. The molecule has 2 aliphatic heterocycles. The third kappa shape index (κ3) is 3.56. The first-order valence-electron chi connectivity index (χ1n) is 9.23. The lowest BCUT2D eigenvalue weighted by Crippen LogP contribution is -2.56. The van der Waals surface area contributed by atoms with E-state index in [0.717, 1.165) is 30.6 Å². The van der Waals surface area contributed by atoms with E-state index in [-0.39, 0.29) is 30.5 Å². The Balaban J connectivity index is 2.00. The number of fused-ring (bicyclic) bond motifs is 1. The molecule has 2 amide bonds. The average Bonchev–Trinajstić information content (AvgIpc) is 2.89. The average molecular weight is 360 g/mol. The van der Waals surface area contributed by atoms with Crippen LogP contribution in [0.15, 0.2) is 24.3 Å². The molecule has 6 heteroatoms. The van der Waals surface area contributed by atoms with Crippen molar-refractivity contribution in [1.29, 1.82) is 0 Å². The van der Waals surface area contributed by atoms with Crippen LogP contribution >= 0.6 is 0 Å².